The maximum Gasteiger partial charge on any atom is 0.0965 e. The first-order valence-corrected chi connectivity index (χ1v) is 9.71. The molecular weight excluding hydrogens is 320 g/mol. The maximum absolute atomic E-state index is 11.1. The third-order valence-corrected chi connectivity index (χ3v) is 8.79. The Balaban J connectivity index is 1.81. The minimum absolute atomic E-state index is 0.0404. The Morgan fingerprint density at radius 3 is 2.36 bits per heavy atom. The van der Waals surface area contributed by atoms with Crippen LogP contribution in [0.1, 0.15) is 52.4 Å². The van der Waals surface area contributed by atoms with E-state index >= 15 is 0 Å². The van der Waals surface area contributed by atoms with Crippen molar-refractivity contribution in [3.63, 3.8) is 0 Å². The van der Waals surface area contributed by atoms with E-state index in [0.717, 1.165) is 19.3 Å². The van der Waals surface area contributed by atoms with Gasteiger partial charge in [-0.05, 0) is 49.9 Å². The van der Waals surface area contributed by atoms with Crippen LogP contribution in [0.2, 0.25) is 0 Å². The highest BCUT2D eigenvalue weighted by Crippen LogP contribution is 2.70. The van der Waals surface area contributed by atoms with Gasteiger partial charge in [-0.1, -0.05) is 25.5 Å². The number of rotatable bonds is 2. The van der Waals surface area contributed by atoms with Gasteiger partial charge >= 0.3 is 0 Å². The number of aliphatic hydroxyl groups excluding tert-OH is 4. The summed E-state index contributed by atoms with van der Waals surface area (Å²) in [5.74, 6) is -0.275. The molecule has 4 rings (SSSR count). The number of aliphatic hydroxyl groups is 5. The fourth-order valence-electron chi connectivity index (χ4n) is 7.12. The molecule has 3 fully saturated rings. The molecule has 142 valence electrons. The van der Waals surface area contributed by atoms with E-state index in [9.17, 15) is 25.5 Å². The van der Waals surface area contributed by atoms with Crippen LogP contribution in [0, 0.1) is 28.1 Å². The molecule has 0 aromatic carbocycles. The van der Waals surface area contributed by atoms with E-state index in [4.69, 9.17) is 0 Å². The van der Waals surface area contributed by atoms with Crippen LogP contribution in [0.15, 0.2) is 11.6 Å². The monoisotopic (exact) mass is 352 g/mol. The molecule has 4 aliphatic rings. The number of fused-ring (bicyclic) bond motifs is 3. The molecule has 0 aliphatic heterocycles. The van der Waals surface area contributed by atoms with Gasteiger partial charge in [0.25, 0.3) is 0 Å². The molecule has 5 N–H and O–H groups in total. The fraction of sp³-hybridized carbons (Fsp3) is 0.900. The predicted molar refractivity (Wildman–Crippen MR) is 92.5 cm³/mol. The van der Waals surface area contributed by atoms with Gasteiger partial charge in [0.1, 0.15) is 0 Å². The van der Waals surface area contributed by atoms with Gasteiger partial charge in [-0.15, -0.1) is 0 Å². The van der Waals surface area contributed by atoms with Crippen LogP contribution >= 0.6 is 0 Å². The van der Waals surface area contributed by atoms with Crippen LogP contribution in [0.4, 0.5) is 0 Å². The highest BCUT2D eigenvalue weighted by molar-refractivity contribution is 5.40. The van der Waals surface area contributed by atoms with Crippen molar-refractivity contribution in [2.24, 2.45) is 28.1 Å². The van der Waals surface area contributed by atoms with Crippen molar-refractivity contribution in [2.45, 2.75) is 70.2 Å². The van der Waals surface area contributed by atoms with Crippen molar-refractivity contribution in [1.82, 2.24) is 0 Å². The summed E-state index contributed by atoms with van der Waals surface area (Å²) in [5, 5.41) is 52.3. The molecule has 4 aliphatic carbocycles. The highest BCUT2D eigenvalue weighted by atomic mass is 16.3. The third kappa shape index (κ3) is 1.97. The average Bonchev–Trinajstić information content (AvgIpc) is 2.82. The van der Waals surface area contributed by atoms with E-state index < -0.39 is 29.1 Å². The van der Waals surface area contributed by atoms with E-state index in [-0.39, 0.29) is 30.0 Å². The molecule has 0 unspecified atom stereocenters. The summed E-state index contributed by atoms with van der Waals surface area (Å²) in [4.78, 5) is 0. The Kier molecular flexibility index (Phi) is 3.80. The molecule has 2 bridgehead atoms. The summed E-state index contributed by atoms with van der Waals surface area (Å²) in [6, 6.07) is 0. The molecule has 5 nitrogen and oxygen atoms in total. The van der Waals surface area contributed by atoms with Gasteiger partial charge in [0, 0.05) is 16.7 Å². The van der Waals surface area contributed by atoms with Crippen molar-refractivity contribution >= 4 is 0 Å². The Morgan fingerprint density at radius 1 is 1.00 bits per heavy atom. The van der Waals surface area contributed by atoms with Gasteiger partial charge in [-0.25, -0.2) is 0 Å². The van der Waals surface area contributed by atoms with Gasteiger partial charge in [0.15, 0.2) is 0 Å². The molecule has 0 radical (unpaired) electrons. The lowest BCUT2D eigenvalue weighted by Gasteiger charge is -2.62. The Labute approximate surface area is 149 Å². The van der Waals surface area contributed by atoms with Crippen molar-refractivity contribution < 1.29 is 25.5 Å². The molecule has 0 saturated heterocycles. The number of hydrogen-bond acceptors (Lipinski definition) is 5. The Bertz CT molecular complexity index is 605. The van der Waals surface area contributed by atoms with Crippen molar-refractivity contribution in [3.05, 3.63) is 11.6 Å². The summed E-state index contributed by atoms with van der Waals surface area (Å²) < 4.78 is 0. The minimum Gasteiger partial charge on any atom is -0.396 e. The second kappa shape index (κ2) is 5.29. The van der Waals surface area contributed by atoms with Crippen LogP contribution in [-0.2, 0) is 0 Å². The molecule has 3 saturated carbocycles. The fourth-order valence-corrected chi connectivity index (χ4v) is 7.12. The van der Waals surface area contributed by atoms with Crippen LogP contribution < -0.4 is 0 Å². The summed E-state index contributed by atoms with van der Waals surface area (Å²) in [6.45, 7) is 3.83. The van der Waals surface area contributed by atoms with Crippen LogP contribution in [0.5, 0.6) is 0 Å². The maximum atomic E-state index is 11.1. The van der Waals surface area contributed by atoms with Crippen LogP contribution in [0.25, 0.3) is 0 Å². The predicted octanol–water partition coefficient (Wildman–Crippen LogP) is 0.977. The highest BCUT2D eigenvalue weighted by Gasteiger charge is 2.67. The van der Waals surface area contributed by atoms with E-state index in [2.05, 4.69) is 13.0 Å². The molecule has 0 aromatic heterocycles. The van der Waals surface area contributed by atoms with Gasteiger partial charge < -0.3 is 25.5 Å². The summed E-state index contributed by atoms with van der Waals surface area (Å²) >= 11 is 0. The van der Waals surface area contributed by atoms with Crippen molar-refractivity contribution in [1.29, 1.82) is 0 Å². The summed E-state index contributed by atoms with van der Waals surface area (Å²) in [5.41, 5.74) is -1.06. The Hall–Kier alpha value is -0.460. The lowest BCUT2D eigenvalue weighted by Crippen LogP contribution is -2.61. The minimum atomic E-state index is -1.24. The molecule has 1 spiro atoms. The zero-order chi connectivity index (χ0) is 18.3. The third-order valence-electron chi connectivity index (χ3n) is 8.79. The molecule has 8 atom stereocenters. The van der Waals surface area contributed by atoms with Gasteiger partial charge in [-0.3, -0.25) is 0 Å². The van der Waals surface area contributed by atoms with Gasteiger partial charge in [0.2, 0.25) is 0 Å². The largest absolute Gasteiger partial charge is 0.396 e. The zero-order valence-electron chi connectivity index (χ0n) is 15.3. The van der Waals surface area contributed by atoms with E-state index in [1.165, 1.54) is 5.57 Å². The molecule has 25 heavy (non-hydrogen) atoms. The zero-order valence-corrected chi connectivity index (χ0v) is 15.3. The van der Waals surface area contributed by atoms with Gasteiger partial charge in [-0.2, -0.15) is 0 Å². The Morgan fingerprint density at radius 2 is 1.72 bits per heavy atom. The second-order valence-corrected chi connectivity index (χ2v) is 9.70. The molecule has 5 heteroatoms. The number of hydrogen-bond donors (Lipinski definition) is 5. The normalized spacial score (nSPS) is 57.6. The SMILES string of the molecule is C[C@@]1(CO)[C@H](O)CC[C@]2(C)C3=C[C@H]4[C@@H](O)[C@]3(CC[C@@H]12)CC[C@]4(O)CO. The van der Waals surface area contributed by atoms with Crippen LogP contribution in [0.3, 0.4) is 0 Å². The lowest BCUT2D eigenvalue weighted by atomic mass is 9.43. The van der Waals surface area contributed by atoms with Crippen molar-refractivity contribution in [3.8, 4) is 0 Å². The first-order chi connectivity index (χ1) is 11.7. The second-order valence-electron chi connectivity index (χ2n) is 9.70. The van der Waals surface area contributed by atoms with Crippen molar-refractivity contribution in [2.75, 3.05) is 13.2 Å². The molecule has 0 aromatic rings. The first-order valence-electron chi connectivity index (χ1n) is 9.71. The topological polar surface area (TPSA) is 101 Å². The smallest absolute Gasteiger partial charge is 0.0965 e. The van der Waals surface area contributed by atoms with E-state index in [0.29, 0.717) is 19.3 Å². The van der Waals surface area contributed by atoms with E-state index in [1.54, 1.807) is 0 Å². The lowest BCUT2D eigenvalue weighted by molar-refractivity contribution is -0.171. The quantitative estimate of drug-likeness (QED) is 0.477. The van der Waals surface area contributed by atoms with E-state index in [1.807, 2.05) is 6.92 Å². The average molecular weight is 352 g/mol. The molecule has 0 heterocycles. The standard InChI is InChI=1S/C20H32O5/c1-17-5-4-15(23)18(2,10-21)13(17)3-6-19-7-8-20(25,11-22)12(16(19)24)9-14(17)19/h9,12-13,15-16,21-25H,3-8,10-11H2,1-2H3/t12-,13+,15+,16+,17-,18-,19+,20-/m0/s1. The first kappa shape index (κ1) is 17.9. The summed E-state index contributed by atoms with van der Waals surface area (Å²) in [7, 11) is 0. The van der Waals surface area contributed by atoms with Gasteiger partial charge in [0.05, 0.1) is 31.0 Å². The van der Waals surface area contributed by atoms with Crippen LogP contribution in [-0.4, -0.2) is 56.6 Å². The summed E-state index contributed by atoms with van der Waals surface area (Å²) in [6.07, 6.45) is 5.24. The molecule has 0 amide bonds. The molecular formula is C20H32O5.